The minimum atomic E-state index is -3.62. The second kappa shape index (κ2) is 7.40. The molecule has 1 fully saturated rings. The van der Waals surface area contributed by atoms with Crippen LogP contribution in [-0.2, 0) is 10.0 Å². The van der Waals surface area contributed by atoms with E-state index in [-0.39, 0.29) is 4.90 Å². The topological polar surface area (TPSA) is 74.3 Å². The molecule has 6 nitrogen and oxygen atoms in total. The number of hydrogen-bond acceptors (Lipinski definition) is 5. The van der Waals surface area contributed by atoms with Crippen molar-refractivity contribution in [1.29, 1.82) is 0 Å². The summed E-state index contributed by atoms with van der Waals surface area (Å²) in [5, 5.41) is 5.10. The molecule has 0 atom stereocenters. The Bertz CT molecular complexity index is 574. The number of nitrogens with zero attached hydrogens (tertiary/aromatic N) is 2. The number of aromatic nitrogens is 1. The molecular weight excluding hydrogens is 312 g/mol. The summed E-state index contributed by atoms with van der Waals surface area (Å²) in [6.45, 7) is 4.24. The van der Waals surface area contributed by atoms with E-state index in [1.807, 2.05) is 6.92 Å². The number of anilines is 1. The Morgan fingerprint density at radius 3 is 2.67 bits per heavy atom. The van der Waals surface area contributed by atoms with Gasteiger partial charge in [-0.1, -0.05) is 24.9 Å². The summed E-state index contributed by atoms with van der Waals surface area (Å²) in [5.74, 6) is 0.510. The molecule has 1 aliphatic rings. The van der Waals surface area contributed by atoms with Crippen LogP contribution in [-0.4, -0.2) is 38.0 Å². The molecule has 0 saturated carbocycles. The number of pyridine rings is 1. The minimum Gasteiger partial charge on any atom is -0.369 e. The number of piperidine rings is 1. The number of rotatable bonds is 6. The van der Waals surface area contributed by atoms with E-state index in [4.69, 9.17) is 11.6 Å². The van der Waals surface area contributed by atoms with Gasteiger partial charge in [0.25, 0.3) is 10.0 Å². The quantitative estimate of drug-likeness (QED) is 0.835. The zero-order valence-corrected chi connectivity index (χ0v) is 13.7. The van der Waals surface area contributed by atoms with Gasteiger partial charge in [0.15, 0.2) is 0 Å². The number of halogens is 1. The van der Waals surface area contributed by atoms with Crippen molar-refractivity contribution in [3.8, 4) is 0 Å². The molecule has 1 aromatic heterocycles. The van der Waals surface area contributed by atoms with Crippen molar-refractivity contribution >= 4 is 27.4 Å². The SMILES string of the molecule is CCCNc1ncc(S(=O)(=O)NN2CCCCC2)cc1Cl. The van der Waals surface area contributed by atoms with Crippen LogP contribution >= 0.6 is 11.6 Å². The standard InChI is InChI=1S/C13H21ClN4O2S/c1-2-6-15-13-12(14)9-11(10-16-13)21(19,20)17-18-7-4-3-5-8-18/h9-10,17H,2-8H2,1H3,(H,15,16). The molecule has 1 saturated heterocycles. The van der Waals surface area contributed by atoms with E-state index in [0.717, 1.165) is 45.3 Å². The summed E-state index contributed by atoms with van der Waals surface area (Å²) in [6.07, 6.45) is 5.41. The van der Waals surface area contributed by atoms with E-state index in [0.29, 0.717) is 10.8 Å². The maximum atomic E-state index is 12.3. The molecule has 118 valence electrons. The molecule has 2 heterocycles. The second-order valence-electron chi connectivity index (χ2n) is 5.07. The van der Waals surface area contributed by atoms with Crippen LogP contribution in [0.2, 0.25) is 5.02 Å². The lowest BCUT2D eigenvalue weighted by atomic mass is 10.2. The zero-order valence-electron chi connectivity index (χ0n) is 12.1. The maximum absolute atomic E-state index is 12.3. The van der Waals surface area contributed by atoms with Crippen molar-refractivity contribution in [2.45, 2.75) is 37.5 Å². The Hall–Kier alpha value is -0.890. The molecule has 8 heteroatoms. The highest BCUT2D eigenvalue weighted by Crippen LogP contribution is 2.22. The normalized spacial score (nSPS) is 16.9. The van der Waals surface area contributed by atoms with E-state index in [9.17, 15) is 8.42 Å². The van der Waals surface area contributed by atoms with Crippen LogP contribution in [0.3, 0.4) is 0 Å². The molecule has 0 spiro atoms. The molecule has 0 radical (unpaired) electrons. The van der Waals surface area contributed by atoms with Crippen molar-refractivity contribution in [2.24, 2.45) is 0 Å². The molecule has 1 aliphatic heterocycles. The number of nitrogens with one attached hydrogen (secondary N) is 2. The Labute approximate surface area is 130 Å². The first kappa shape index (κ1) is 16.5. The first-order valence-electron chi connectivity index (χ1n) is 7.20. The molecule has 1 aromatic rings. The largest absolute Gasteiger partial charge is 0.369 e. The molecule has 0 aromatic carbocycles. The van der Waals surface area contributed by atoms with Crippen LogP contribution in [0.5, 0.6) is 0 Å². The third-order valence-corrected chi connectivity index (χ3v) is 4.90. The van der Waals surface area contributed by atoms with Gasteiger partial charge in [-0.25, -0.2) is 18.4 Å². The minimum absolute atomic E-state index is 0.0834. The van der Waals surface area contributed by atoms with Crippen molar-refractivity contribution in [3.05, 3.63) is 17.3 Å². The summed E-state index contributed by atoms with van der Waals surface area (Å²) in [7, 11) is -3.62. The summed E-state index contributed by atoms with van der Waals surface area (Å²) in [6, 6.07) is 1.43. The Balaban J connectivity index is 2.10. The lowest BCUT2D eigenvalue weighted by Crippen LogP contribution is -2.44. The number of hydrazine groups is 1. The summed E-state index contributed by atoms with van der Waals surface area (Å²) >= 11 is 6.08. The van der Waals surface area contributed by atoms with Crippen LogP contribution in [0.15, 0.2) is 17.2 Å². The third-order valence-electron chi connectivity index (χ3n) is 3.27. The average molecular weight is 333 g/mol. The number of sulfonamides is 1. The third kappa shape index (κ3) is 4.54. The van der Waals surface area contributed by atoms with Crippen LogP contribution in [0, 0.1) is 0 Å². The van der Waals surface area contributed by atoms with Gasteiger partial charge in [0.1, 0.15) is 10.7 Å². The molecule has 2 N–H and O–H groups in total. The maximum Gasteiger partial charge on any atom is 0.255 e. The first-order chi connectivity index (χ1) is 10.0. The van der Waals surface area contributed by atoms with E-state index >= 15 is 0 Å². The summed E-state index contributed by atoms with van der Waals surface area (Å²) in [4.78, 5) is 6.77. The Kier molecular flexibility index (Phi) is 5.80. The van der Waals surface area contributed by atoms with Crippen molar-refractivity contribution in [3.63, 3.8) is 0 Å². The van der Waals surface area contributed by atoms with Gasteiger partial charge >= 0.3 is 0 Å². The van der Waals surface area contributed by atoms with E-state index in [2.05, 4.69) is 15.1 Å². The lowest BCUT2D eigenvalue weighted by molar-refractivity contribution is 0.200. The second-order valence-corrected chi connectivity index (χ2v) is 7.14. The van der Waals surface area contributed by atoms with Crippen molar-refractivity contribution in [1.82, 2.24) is 14.8 Å². The van der Waals surface area contributed by atoms with Gasteiger partial charge < -0.3 is 5.32 Å². The lowest BCUT2D eigenvalue weighted by Gasteiger charge is -2.26. The van der Waals surface area contributed by atoms with Crippen LogP contribution < -0.4 is 10.1 Å². The van der Waals surface area contributed by atoms with Crippen LogP contribution in [0.25, 0.3) is 0 Å². The molecule has 2 rings (SSSR count). The average Bonchev–Trinajstić information content (AvgIpc) is 2.46. The monoisotopic (exact) mass is 332 g/mol. The van der Waals surface area contributed by atoms with Gasteiger partial charge in [0, 0.05) is 25.8 Å². The van der Waals surface area contributed by atoms with Crippen molar-refractivity contribution in [2.75, 3.05) is 25.0 Å². The molecule has 0 bridgehead atoms. The predicted octanol–water partition coefficient (Wildman–Crippen LogP) is 2.24. The highest BCUT2D eigenvalue weighted by atomic mass is 35.5. The molecule has 0 unspecified atom stereocenters. The van der Waals surface area contributed by atoms with Gasteiger partial charge in [-0.05, 0) is 25.3 Å². The van der Waals surface area contributed by atoms with E-state index in [1.165, 1.54) is 12.3 Å². The summed E-state index contributed by atoms with van der Waals surface area (Å²) < 4.78 is 24.6. The predicted molar refractivity (Wildman–Crippen MR) is 83.8 cm³/mol. The van der Waals surface area contributed by atoms with Gasteiger partial charge in [-0.2, -0.15) is 0 Å². The van der Waals surface area contributed by atoms with Crippen LogP contribution in [0.1, 0.15) is 32.6 Å². The van der Waals surface area contributed by atoms with Gasteiger partial charge in [0.05, 0.1) is 5.02 Å². The molecule has 0 aliphatic carbocycles. The molecule has 21 heavy (non-hydrogen) atoms. The van der Waals surface area contributed by atoms with Crippen LogP contribution in [0.4, 0.5) is 5.82 Å². The zero-order chi connectivity index (χ0) is 15.3. The fourth-order valence-electron chi connectivity index (χ4n) is 2.15. The molecule has 0 amide bonds. The van der Waals surface area contributed by atoms with Crippen molar-refractivity contribution < 1.29 is 8.42 Å². The van der Waals surface area contributed by atoms with Gasteiger partial charge in [-0.15, -0.1) is 4.83 Å². The van der Waals surface area contributed by atoms with E-state index in [1.54, 1.807) is 5.01 Å². The highest BCUT2D eigenvalue weighted by molar-refractivity contribution is 7.89. The Morgan fingerprint density at radius 1 is 1.33 bits per heavy atom. The summed E-state index contributed by atoms with van der Waals surface area (Å²) in [5.41, 5.74) is 0. The fourth-order valence-corrected chi connectivity index (χ4v) is 3.54. The Morgan fingerprint density at radius 2 is 2.05 bits per heavy atom. The van der Waals surface area contributed by atoms with E-state index < -0.39 is 10.0 Å². The van der Waals surface area contributed by atoms with Gasteiger partial charge in [0.2, 0.25) is 0 Å². The smallest absolute Gasteiger partial charge is 0.255 e. The molecular formula is C13H21ClN4O2S. The first-order valence-corrected chi connectivity index (χ1v) is 9.06. The van der Waals surface area contributed by atoms with Gasteiger partial charge in [-0.3, -0.25) is 0 Å². The highest BCUT2D eigenvalue weighted by Gasteiger charge is 2.21. The fraction of sp³-hybridized carbons (Fsp3) is 0.615. The number of hydrogen-bond donors (Lipinski definition) is 2.